The highest BCUT2D eigenvalue weighted by atomic mass is 35.5. The lowest BCUT2D eigenvalue weighted by molar-refractivity contribution is -0.117. The van der Waals surface area contributed by atoms with Gasteiger partial charge in [-0.25, -0.2) is 0 Å². The van der Waals surface area contributed by atoms with E-state index in [0.29, 0.717) is 13.1 Å². The first-order valence-electron chi connectivity index (χ1n) is 9.12. The summed E-state index contributed by atoms with van der Waals surface area (Å²) < 4.78 is 0. The molecule has 0 bridgehead atoms. The van der Waals surface area contributed by atoms with E-state index in [1.54, 1.807) is 0 Å². The van der Waals surface area contributed by atoms with Crippen molar-refractivity contribution in [1.29, 1.82) is 0 Å². The number of anilines is 1. The molecule has 138 valence electrons. The minimum Gasteiger partial charge on any atom is -0.325 e. The molecule has 1 aliphatic heterocycles. The van der Waals surface area contributed by atoms with Gasteiger partial charge in [0, 0.05) is 23.8 Å². The fourth-order valence-electron chi connectivity index (χ4n) is 3.30. The number of likely N-dealkylation sites (N-methyl/N-ethyl adjacent to an activating group) is 1. The van der Waals surface area contributed by atoms with Crippen LogP contribution in [0.3, 0.4) is 0 Å². The molecule has 0 aliphatic carbocycles. The predicted octanol–water partition coefficient (Wildman–Crippen LogP) is 4.01. The minimum atomic E-state index is -0.00578. The van der Waals surface area contributed by atoms with Crippen LogP contribution in [0, 0.1) is 0 Å². The maximum absolute atomic E-state index is 12.2. The molecule has 5 heteroatoms. The Kier molecular flexibility index (Phi) is 6.67. The first-order valence-corrected chi connectivity index (χ1v) is 9.50. The number of hydrogen-bond acceptors (Lipinski definition) is 3. The number of amides is 1. The highest BCUT2D eigenvalue weighted by molar-refractivity contribution is 6.30. The van der Waals surface area contributed by atoms with Gasteiger partial charge in [-0.2, -0.15) is 0 Å². The van der Waals surface area contributed by atoms with Gasteiger partial charge in [0.25, 0.3) is 0 Å². The van der Waals surface area contributed by atoms with Gasteiger partial charge in [-0.15, -0.1) is 0 Å². The van der Waals surface area contributed by atoms with Crippen LogP contribution in [0.4, 0.5) is 5.69 Å². The van der Waals surface area contributed by atoms with E-state index in [4.69, 9.17) is 11.6 Å². The smallest absolute Gasteiger partial charge is 0.238 e. The van der Waals surface area contributed by atoms with Crippen molar-refractivity contribution in [1.82, 2.24) is 9.80 Å². The number of hydrogen-bond donors (Lipinski definition) is 1. The van der Waals surface area contributed by atoms with E-state index < -0.39 is 0 Å². The molecule has 2 aromatic rings. The summed E-state index contributed by atoms with van der Waals surface area (Å²) in [4.78, 5) is 16.7. The van der Waals surface area contributed by atoms with Crippen LogP contribution < -0.4 is 5.32 Å². The standard InChI is InChI=1S/C21H26ClN3O/c1-24(14-17-4-8-19(22)9-5-17)16-21(26)23-20-10-6-18(7-11-20)15-25-12-2-3-13-25/h4-11H,2-3,12-16H2,1H3,(H,23,26). The molecule has 0 atom stereocenters. The number of benzene rings is 2. The second kappa shape index (κ2) is 9.17. The highest BCUT2D eigenvalue weighted by Crippen LogP contribution is 2.15. The molecule has 1 fully saturated rings. The molecule has 0 unspecified atom stereocenters. The molecule has 3 rings (SSSR count). The van der Waals surface area contributed by atoms with Crippen molar-refractivity contribution in [2.24, 2.45) is 0 Å². The zero-order chi connectivity index (χ0) is 18.4. The highest BCUT2D eigenvalue weighted by Gasteiger charge is 2.12. The molecule has 26 heavy (non-hydrogen) atoms. The van der Waals surface area contributed by atoms with E-state index in [9.17, 15) is 4.79 Å². The van der Waals surface area contributed by atoms with Crippen LogP contribution in [-0.4, -0.2) is 42.4 Å². The van der Waals surface area contributed by atoms with E-state index in [1.807, 2.05) is 48.3 Å². The molecule has 4 nitrogen and oxygen atoms in total. The van der Waals surface area contributed by atoms with Crippen LogP contribution in [0.15, 0.2) is 48.5 Å². The molecule has 0 saturated carbocycles. The van der Waals surface area contributed by atoms with E-state index >= 15 is 0 Å². The normalized spacial score (nSPS) is 14.7. The van der Waals surface area contributed by atoms with Gasteiger partial charge in [0.05, 0.1) is 6.54 Å². The average Bonchev–Trinajstić information content (AvgIpc) is 3.11. The topological polar surface area (TPSA) is 35.6 Å². The van der Waals surface area contributed by atoms with E-state index in [0.717, 1.165) is 22.8 Å². The summed E-state index contributed by atoms with van der Waals surface area (Å²) in [6.45, 7) is 4.44. The Morgan fingerprint density at radius 3 is 2.31 bits per heavy atom. The Labute approximate surface area is 160 Å². The van der Waals surface area contributed by atoms with Crippen molar-refractivity contribution in [2.45, 2.75) is 25.9 Å². The Bertz CT molecular complexity index is 709. The first kappa shape index (κ1) is 18.9. The van der Waals surface area contributed by atoms with Crippen molar-refractivity contribution in [3.8, 4) is 0 Å². The van der Waals surface area contributed by atoms with Crippen LogP contribution in [0.2, 0.25) is 5.02 Å². The number of halogens is 1. The number of nitrogens with one attached hydrogen (secondary N) is 1. The Morgan fingerprint density at radius 1 is 1.04 bits per heavy atom. The summed E-state index contributed by atoms with van der Waals surface area (Å²) in [5.74, 6) is -0.00578. The van der Waals surface area contributed by atoms with E-state index in [2.05, 4.69) is 22.3 Å². The first-order chi connectivity index (χ1) is 12.6. The maximum Gasteiger partial charge on any atom is 0.238 e. The lowest BCUT2D eigenvalue weighted by Crippen LogP contribution is -2.29. The number of carbonyl (C=O) groups is 1. The molecule has 1 saturated heterocycles. The third-order valence-corrected chi connectivity index (χ3v) is 4.87. The number of rotatable bonds is 7. The molecule has 0 aromatic heterocycles. The number of carbonyl (C=O) groups excluding carboxylic acids is 1. The van der Waals surface area contributed by atoms with E-state index in [-0.39, 0.29) is 5.91 Å². The van der Waals surface area contributed by atoms with Gasteiger partial charge in [0.2, 0.25) is 5.91 Å². The predicted molar refractivity (Wildman–Crippen MR) is 107 cm³/mol. The summed E-state index contributed by atoms with van der Waals surface area (Å²) in [5, 5.41) is 3.70. The van der Waals surface area contributed by atoms with Crippen LogP contribution in [0.5, 0.6) is 0 Å². The van der Waals surface area contributed by atoms with Crippen LogP contribution >= 0.6 is 11.6 Å². The minimum absolute atomic E-state index is 0.00578. The molecular weight excluding hydrogens is 346 g/mol. The SMILES string of the molecule is CN(CC(=O)Nc1ccc(CN2CCCC2)cc1)Cc1ccc(Cl)cc1. The van der Waals surface area contributed by atoms with Gasteiger partial charge in [-0.3, -0.25) is 14.6 Å². The number of nitrogens with zero attached hydrogens (tertiary/aromatic N) is 2. The zero-order valence-corrected chi connectivity index (χ0v) is 16.0. The van der Waals surface area contributed by atoms with Crippen LogP contribution in [0.1, 0.15) is 24.0 Å². The second-order valence-corrected chi connectivity index (χ2v) is 7.46. The molecule has 1 heterocycles. The van der Waals surface area contributed by atoms with Gasteiger partial charge in [-0.1, -0.05) is 35.9 Å². The van der Waals surface area contributed by atoms with E-state index in [1.165, 1.54) is 31.5 Å². The van der Waals surface area contributed by atoms with Crippen molar-refractivity contribution in [2.75, 3.05) is 32.0 Å². The summed E-state index contributed by atoms with van der Waals surface area (Å²) in [7, 11) is 1.94. The summed E-state index contributed by atoms with van der Waals surface area (Å²) in [5.41, 5.74) is 3.28. The van der Waals surface area contributed by atoms with Crippen molar-refractivity contribution >= 4 is 23.2 Å². The maximum atomic E-state index is 12.2. The monoisotopic (exact) mass is 371 g/mol. The largest absolute Gasteiger partial charge is 0.325 e. The average molecular weight is 372 g/mol. The van der Waals surface area contributed by atoms with Crippen molar-refractivity contribution in [3.05, 3.63) is 64.7 Å². The molecule has 1 amide bonds. The molecular formula is C21H26ClN3O. The summed E-state index contributed by atoms with van der Waals surface area (Å²) in [6.07, 6.45) is 2.61. The lowest BCUT2D eigenvalue weighted by atomic mass is 10.2. The van der Waals surface area contributed by atoms with Crippen molar-refractivity contribution < 1.29 is 4.79 Å². The number of likely N-dealkylation sites (tertiary alicyclic amines) is 1. The Balaban J connectivity index is 1.45. The summed E-state index contributed by atoms with van der Waals surface area (Å²) in [6, 6.07) is 15.9. The molecule has 0 radical (unpaired) electrons. The van der Waals surface area contributed by atoms with Crippen LogP contribution in [0.25, 0.3) is 0 Å². The Hall–Kier alpha value is -1.88. The Morgan fingerprint density at radius 2 is 1.65 bits per heavy atom. The van der Waals surface area contributed by atoms with Gasteiger partial charge in [0.15, 0.2) is 0 Å². The molecule has 2 aromatic carbocycles. The lowest BCUT2D eigenvalue weighted by Gasteiger charge is -2.17. The zero-order valence-electron chi connectivity index (χ0n) is 15.2. The van der Waals surface area contributed by atoms with Gasteiger partial charge < -0.3 is 5.32 Å². The second-order valence-electron chi connectivity index (χ2n) is 7.03. The fraction of sp³-hybridized carbons (Fsp3) is 0.381. The molecule has 0 spiro atoms. The van der Waals surface area contributed by atoms with Gasteiger partial charge in [0.1, 0.15) is 0 Å². The van der Waals surface area contributed by atoms with Crippen LogP contribution in [-0.2, 0) is 17.9 Å². The molecule has 1 N–H and O–H groups in total. The van der Waals surface area contributed by atoms with Gasteiger partial charge in [-0.05, 0) is 68.4 Å². The third kappa shape index (κ3) is 5.84. The van der Waals surface area contributed by atoms with Gasteiger partial charge >= 0.3 is 0 Å². The third-order valence-electron chi connectivity index (χ3n) is 4.62. The fourth-order valence-corrected chi connectivity index (χ4v) is 3.42. The quantitative estimate of drug-likeness (QED) is 0.798. The van der Waals surface area contributed by atoms with Crippen molar-refractivity contribution in [3.63, 3.8) is 0 Å². The molecule has 1 aliphatic rings. The summed E-state index contributed by atoms with van der Waals surface area (Å²) >= 11 is 5.90.